The Hall–Kier alpha value is -3.67. The van der Waals surface area contributed by atoms with Gasteiger partial charge in [0.15, 0.2) is 6.61 Å². The molecule has 0 radical (unpaired) electrons. The van der Waals surface area contributed by atoms with Crippen molar-refractivity contribution in [2.75, 3.05) is 16.8 Å². The number of H-pyrrole nitrogens is 1. The van der Waals surface area contributed by atoms with E-state index in [0.29, 0.717) is 32.6 Å². The number of aromatic amines is 1. The zero-order valence-electron chi connectivity index (χ0n) is 21.1. The van der Waals surface area contributed by atoms with E-state index in [-0.39, 0.29) is 29.2 Å². The third kappa shape index (κ3) is 4.78. The SMILES string of the molecule is Cc1ccccc1NC(=O)COc1ccccc1[C@H]1c2sc(=O)[nH]c2SC2C(=O)N(c3ccc(Br)cc3)C(=O)C21. The maximum Gasteiger partial charge on any atom is 0.305 e. The predicted molar refractivity (Wildman–Crippen MR) is 158 cm³/mol. The van der Waals surface area contributed by atoms with Crippen LogP contribution in [0.15, 0.2) is 87.1 Å². The Morgan fingerprint density at radius 2 is 1.73 bits per heavy atom. The maximum atomic E-state index is 13.9. The molecule has 3 heterocycles. The monoisotopic (exact) mass is 635 g/mol. The van der Waals surface area contributed by atoms with E-state index in [4.69, 9.17) is 4.74 Å². The number of aromatic nitrogens is 1. The fraction of sp³-hybridized carbons (Fsp3) is 0.172. The number of nitrogens with zero attached hydrogens (tertiary/aromatic N) is 1. The molecule has 0 spiro atoms. The minimum Gasteiger partial charge on any atom is -0.483 e. The van der Waals surface area contributed by atoms with E-state index >= 15 is 0 Å². The van der Waals surface area contributed by atoms with Crippen LogP contribution < -0.4 is 19.8 Å². The Morgan fingerprint density at radius 1 is 1.00 bits per heavy atom. The second-order valence-corrected chi connectivity index (χ2v) is 12.5. The summed E-state index contributed by atoms with van der Waals surface area (Å²) in [7, 11) is 0. The molecule has 40 heavy (non-hydrogen) atoms. The Bertz CT molecular complexity index is 1700. The quantitative estimate of drug-likeness (QED) is 0.278. The van der Waals surface area contributed by atoms with E-state index < -0.39 is 17.1 Å². The van der Waals surface area contributed by atoms with E-state index in [9.17, 15) is 19.2 Å². The molecule has 2 N–H and O–H groups in total. The van der Waals surface area contributed by atoms with Crippen molar-refractivity contribution in [2.45, 2.75) is 23.1 Å². The summed E-state index contributed by atoms with van der Waals surface area (Å²) in [5, 5.41) is 2.71. The fourth-order valence-corrected chi connectivity index (χ4v) is 7.88. The van der Waals surface area contributed by atoms with Gasteiger partial charge in [-0.15, -0.1) is 0 Å². The van der Waals surface area contributed by atoms with Crippen LogP contribution in [0.1, 0.15) is 21.9 Å². The molecule has 0 saturated carbocycles. The number of anilines is 2. The molecule has 0 bridgehead atoms. The first kappa shape index (κ1) is 26.5. The number of carbonyl (C=O) groups excluding carboxylic acids is 3. The summed E-state index contributed by atoms with van der Waals surface area (Å²) in [5.74, 6) is -1.97. The highest BCUT2D eigenvalue weighted by Crippen LogP contribution is 2.54. The molecule has 8 nitrogen and oxygen atoms in total. The molecule has 202 valence electrons. The minimum absolute atomic E-state index is 0.255. The molecule has 2 unspecified atom stereocenters. The predicted octanol–water partition coefficient (Wildman–Crippen LogP) is 5.32. The van der Waals surface area contributed by atoms with Crippen molar-refractivity contribution >= 4 is 68.1 Å². The molecule has 0 aliphatic carbocycles. The lowest BCUT2D eigenvalue weighted by Crippen LogP contribution is -2.32. The first-order chi connectivity index (χ1) is 19.3. The normalized spacial score (nSPS) is 19.8. The molecule has 1 aromatic heterocycles. The van der Waals surface area contributed by atoms with Crippen LogP contribution in [-0.4, -0.2) is 34.6 Å². The lowest BCUT2D eigenvalue weighted by atomic mass is 9.82. The number of imide groups is 1. The van der Waals surface area contributed by atoms with Gasteiger partial charge in [0.1, 0.15) is 11.0 Å². The Balaban J connectivity index is 1.34. The highest BCUT2D eigenvalue weighted by molar-refractivity contribution is 9.10. The van der Waals surface area contributed by atoms with Gasteiger partial charge in [-0.25, -0.2) is 4.90 Å². The zero-order valence-corrected chi connectivity index (χ0v) is 24.3. The van der Waals surface area contributed by atoms with Crippen LogP contribution >= 0.6 is 39.0 Å². The average Bonchev–Trinajstić information content (AvgIpc) is 3.44. The molecule has 3 aromatic carbocycles. The van der Waals surface area contributed by atoms with Gasteiger partial charge in [0, 0.05) is 26.5 Å². The van der Waals surface area contributed by atoms with Gasteiger partial charge in [0.2, 0.25) is 11.8 Å². The smallest absolute Gasteiger partial charge is 0.305 e. The summed E-state index contributed by atoms with van der Waals surface area (Å²) in [5.41, 5.74) is 2.75. The van der Waals surface area contributed by atoms with Crippen molar-refractivity contribution in [3.8, 4) is 5.75 Å². The van der Waals surface area contributed by atoms with E-state index in [1.54, 1.807) is 36.4 Å². The summed E-state index contributed by atoms with van der Waals surface area (Å²) in [4.78, 5) is 57.2. The molecule has 6 rings (SSSR count). The highest BCUT2D eigenvalue weighted by Gasteiger charge is 2.56. The van der Waals surface area contributed by atoms with E-state index in [0.717, 1.165) is 21.4 Å². The summed E-state index contributed by atoms with van der Waals surface area (Å²) in [6.45, 7) is 1.65. The van der Waals surface area contributed by atoms with Crippen molar-refractivity contribution in [1.29, 1.82) is 0 Å². The number of benzene rings is 3. The van der Waals surface area contributed by atoms with Gasteiger partial charge in [-0.1, -0.05) is 75.4 Å². The van der Waals surface area contributed by atoms with Crippen LogP contribution in [0.3, 0.4) is 0 Å². The lowest BCUT2D eigenvalue weighted by Gasteiger charge is -2.30. The van der Waals surface area contributed by atoms with Crippen LogP contribution in [0.2, 0.25) is 0 Å². The largest absolute Gasteiger partial charge is 0.483 e. The molecule has 4 aromatic rings. The summed E-state index contributed by atoms with van der Waals surface area (Å²) >= 11 is 5.64. The zero-order chi connectivity index (χ0) is 28.0. The molecule has 3 amide bonds. The van der Waals surface area contributed by atoms with Crippen molar-refractivity contribution in [3.05, 3.63) is 103 Å². The van der Waals surface area contributed by atoms with Crippen LogP contribution in [0.25, 0.3) is 0 Å². The fourth-order valence-electron chi connectivity index (χ4n) is 5.11. The van der Waals surface area contributed by atoms with E-state index in [2.05, 4.69) is 26.2 Å². The number of fused-ring (bicyclic) bond motifs is 2. The van der Waals surface area contributed by atoms with Crippen LogP contribution in [-0.2, 0) is 14.4 Å². The molecule has 2 aliphatic rings. The highest BCUT2D eigenvalue weighted by atomic mass is 79.9. The molecule has 1 saturated heterocycles. The topological polar surface area (TPSA) is 109 Å². The summed E-state index contributed by atoms with van der Waals surface area (Å²) in [6, 6.07) is 21.6. The number of para-hydroxylation sites is 2. The van der Waals surface area contributed by atoms with Crippen molar-refractivity contribution in [2.24, 2.45) is 5.92 Å². The number of hydrogen-bond donors (Lipinski definition) is 2. The third-order valence-electron chi connectivity index (χ3n) is 6.94. The first-order valence-corrected chi connectivity index (χ1v) is 14.9. The number of rotatable bonds is 6. The number of thioether (sulfide) groups is 1. The van der Waals surface area contributed by atoms with Crippen LogP contribution in [0.5, 0.6) is 5.75 Å². The van der Waals surface area contributed by atoms with Gasteiger partial charge >= 0.3 is 4.87 Å². The van der Waals surface area contributed by atoms with Crippen LogP contribution in [0.4, 0.5) is 11.4 Å². The lowest BCUT2D eigenvalue weighted by molar-refractivity contribution is -0.122. The van der Waals surface area contributed by atoms with Gasteiger partial charge < -0.3 is 15.0 Å². The Kier molecular flexibility index (Phi) is 7.11. The van der Waals surface area contributed by atoms with E-state index in [1.165, 1.54) is 16.7 Å². The second-order valence-electron chi connectivity index (χ2n) is 9.43. The average molecular weight is 637 g/mol. The van der Waals surface area contributed by atoms with Crippen molar-refractivity contribution < 1.29 is 19.1 Å². The van der Waals surface area contributed by atoms with Crippen molar-refractivity contribution in [3.63, 3.8) is 0 Å². The van der Waals surface area contributed by atoms with Crippen LogP contribution in [0, 0.1) is 12.8 Å². The molecule has 3 atom stereocenters. The standard InChI is InChI=1S/C29H22BrN3O5S2/c1-15-6-2-4-8-19(15)31-21(34)14-38-20-9-5-3-7-18(20)22-23-25(39-26-24(22)40-29(37)32-26)28(36)33(27(23)35)17-12-10-16(30)11-13-17/h2-13,22-23,25H,14H2,1H3,(H,31,34)(H,32,37)/t22-,23?,25?/m1/s1. The summed E-state index contributed by atoms with van der Waals surface area (Å²) < 4.78 is 6.83. The molecule has 2 aliphatic heterocycles. The Labute approximate surface area is 245 Å². The molecule has 11 heteroatoms. The number of carbonyl (C=O) groups is 3. The number of thiazole rings is 1. The maximum absolute atomic E-state index is 13.9. The third-order valence-corrected chi connectivity index (χ3v) is 9.87. The van der Waals surface area contributed by atoms with Gasteiger partial charge in [-0.05, 0) is 48.9 Å². The number of aryl methyl sites for hydroxylation is 1. The second kappa shape index (κ2) is 10.7. The van der Waals surface area contributed by atoms with Gasteiger partial charge in [0.05, 0.1) is 16.6 Å². The number of ether oxygens (including phenoxy) is 1. The molecular weight excluding hydrogens is 614 g/mol. The van der Waals surface area contributed by atoms with Gasteiger partial charge in [-0.3, -0.25) is 19.2 Å². The van der Waals surface area contributed by atoms with E-state index in [1.807, 2.05) is 43.3 Å². The number of amides is 3. The molecule has 1 fully saturated rings. The number of hydrogen-bond acceptors (Lipinski definition) is 7. The van der Waals surface area contributed by atoms with Gasteiger partial charge in [-0.2, -0.15) is 0 Å². The minimum atomic E-state index is -0.759. The first-order valence-electron chi connectivity index (χ1n) is 12.4. The van der Waals surface area contributed by atoms with Gasteiger partial charge in [0.25, 0.3) is 5.91 Å². The Morgan fingerprint density at radius 3 is 2.50 bits per heavy atom. The number of nitrogens with one attached hydrogen (secondary N) is 2. The molecular formula is C29H22BrN3O5S2. The number of halogens is 1. The summed E-state index contributed by atoms with van der Waals surface area (Å²) in [6.07, 6.45) is 0. The van der Waals surface area contributed by atoms with Crippen molar-refractivity contribution in [1.82, 2.24) is 4.98 Å².